The number of hydrogen-bond acceptors (Lipinski definition) is 3. The van der Waals surface area contributed by atoms with Gasteiger partial charge in [-0.1, -0.05) is 12.1 Å². The monoisotopic (exact) mass is 285 g/mol. The molecule has 112 valence electrons. The minimum atomic E-state index is 0.320. The summed E-state index contributed by atoms with van der Waals surface area (Å²) in [5.41, 5.74) is 8.25. The molecule has 1 aromatic carbocycles. The summed E-state index contributed by atoms with van der Waals surface area (Å²) in [7, 11) is 0. The molecule has 2 N–H and O–H groups in total. The van der Waals surface area contributed by atoms with Crippen molar-refractivity contribution in [3.05, 3.63) is 30.1 Å². The van der Waals surface area contributed by atoms with E-state index in [0.717, 1.165) is 28.6 Å². The molecule has 1 aliphatic rings. The van der Waals surface area contributed by atoms with E-state index in [1.807, 2.05) is 31.2 Å². The Morgan fingerprint density at radius 1 is 1.33 bits per heavy atom. The Morgan fingerprint density at radius 3 is 2.67 bits per heavy atom. The molecule has 0 amide bonds. The van der Waals surface area contributed by atoms with Gasteiger partial charge in [0.2, 0.25) is 0 Å². The molecular weight excluding hydrogens is 262 g/mol. The summed E-state index contributed by atoms with van der Waals surface area (Å²) >= 11 is 0. The Kier molecular flexibility index (Phi) is 3.62. The van der Waals surface area contributed by atoms with E-state index in [1.54, 1.807) is 0 Å². The molecule has 0 unspecified atom stereocenters. The minimum absolute atomic E-state index is 0.320. The van der Waals surface area contributed by atoms with E-state index in [2.05, 4.69) is 18.4 Å². The van der Waals surface area contributed by atoms with Crippen molar-refractivity contribution in [2.75, 3.05) is 12.3 Å². The van der Waals surface area contributed by atoms with Crippen LogP contribution >= 0.6 is 0 Å². The second kappa shape index (κ2) is 5.43. The molecule has 1 saturated carbocycles. The van der Waals surface area contributed by atoms with Gasteiger partial charge in [-0.2, -0.15) is 0 Å². The summed E-state index contributed by atoms with van der Waals surface area (Å²) in [6.45, 7) is 6.93. The molecule has 1 heterocycles. The number of rotatable bonds is 5. The van der Waals surface area contributed by atoms with E-state index in [1.165, 1.54) is 12.8 Å². The van der Waals surface area contributed by atoms with E-state index in [-0.39, 0.29) is 0 Å². The van der Waals surface area contributed by atoms with Gasteiger partial charge >= 0.3 is 0 Å². The van der Waals surface area contributed by atoms with Crippen LogP contribution in [0.3, 0.4) is 0 Å². The predicted octanol–water partition coefficient (Wildman–Crippen LogP) is 3.99. The van der Waals surface area contributed by atoms with Crippen LogP contribution in [-0.2, 0) is 0 Å². The standard InChI is InChI=1S/C17H23N3O/c1-4-21-14-8-6-5-7-13(14)15-16(18)20(11(2)3)17(19-15)12-9-10-12/h5-8,11-12H,4,9-10,18H2,1-3H3. The summed E-state index contributed by atoms with van der Waals surface area (Å²) in [5, 5.41) is 0. The maximum absolute atomic E-state index is 6.41. The van der Waals surface area contributed by atoms with Crippen LogP contribution in [0.15, 0.2) is 24.3 Å². The summed E-state index contributed by atoms with van der Waals surface area (Å²) in [6, 6.07) is 8.31. The highest BCUT2D eigenvalue weighted by atomic mass is 16.5. The zero-order valence-corrected chi connectivity index (χ0v) is 13.0. The first-order chi connectivity index (χ1) is 10.1. The summed E-state index contributed by atoms with van der Waals surface area (Å²) in [5.74, 6) is 3.30. The molecule has 1 fully saturated rings. The van der Waals surface area contributed by atoms with Gasteiger partial charge in [-0.3, -0.25) is 0 Å². The largest absolute Gasteiger partial charge is 0.493 e. The number of para-hydroxylation sites is 1. The van der Waals surface area contributed by atoms with E-state index in [0.29, 0.717) is 18.6 Å². The van der Waals surface area contributed by atoms with Crippen molar-refractivity contribution in [1.82, 2.24) is 9.55 Å². The minimum Gasteiger partial charge on any atom is -0.493 e. The quantitative estimate of drug-likeness (QED) is 0.903. The highest BCUT2D eigenvalue weighted by Crippen LogP contribution is 2.44. The third kappa shape index (κ3) is 2.50. The number of ether oxygens (including phenoxy) is 1. The Bertz CT molecular complexity index is 641. The van der Waals surface area contributed by atoms with Crippen molar-refractivity contribution in [3.63, 3.8) is 0 Å². The Balaban J connectivity index is 2.13. The number of anilines is 1. The van der Waals surface area contributed by atoms with Crippen molar-refractivity contribution in [1.29, 1.82) is 0 Å². The number of hydrogen-bond donors (Lipinski definition) is 1. The molecular formula is C17H23N3O. The molecule has 4 nitrogen and oxygen atoms in total. The first kappa shape index (κ1) is 14.0. The second-order valence-corrected chi connectivity index (χ2v) is 5.87. The fraction of sp³-hybridized carbons (Fsp3) is 0.471. The van der Waals surface area contributed by atoms with Gasteiger partial charge in [-0.15, -0.1) is 0 Å². The van der Waals surface area contributed by atoms with Gasteiger partial charge in [0, 0.05) is 17.5 Å². The lowest BCUT2D eigenvalue weighted by atomic mass is 10.1. The van der Waals surface area contributed by atoms with Crippen LogP contribution < -0.4 is 10.5 Å². The van der Waals surface area contributed by atoms with Crippen molar-refractivity contribution >= 4 is 5.82 Å². The van der Waals surface area contributed by atoms with Crippen molar-refractivity contribution < 1.29 is 4.74 Å². The van der Waals surface area contributed by atoms with Crippen molar-refractivity contribution in [2.45, 2.75) is 45.6 Å². The summed E-state index contributed by atoms with van der Waals surface area (Å²) < 4.78 is 7.90. The zero-order valence-electron chi connectivity index (χ0n) is 13.0. The van der Waals surface area contributed by atoms with Gasteiger partial charge in [0.25, 0.3) is 0 Å². The molecule has 3 rings (SSSR count). The normalized spacial score (nSPS) is 14.7. The van der Waals surface area contributed by atoms with Gasteiger partial charge in [-0.25, -0.2) is 4.98 Å². The molecule has 2 aromatic rings. The smallest absolute Gasteiger partial charge is 0.132 e. The lowest BCUT2D eigenvalue weighted by Gasteiger charge is -2.13. The lowest BCUT2D eigenvalue weighted by Crippen LogP contribution is -2.09. The van der Waals surface area contributed by atoms with Crippen molar-refractivity contribution in [3.8, 4) is 17.0 Å². The summed E-state index contributed by atoms with van der Waals surface area (Å²) in [4.78, 5) is 4.86. The first-order valence-electron chi connectivity index (χ1n) is 7.73. The Labute approximate surface area is 125 Å². The fourth-order valence-corrected chi connectivity index (χ4v) is 2.78. The lowest BCUT2D eigenvalue weighted by molar-refractivity contribution is 0.341. The van der Waals surface area contributed by atoms with E-state index in [9.17, 15) is 0 Å². The first-order valence-corrected chi connectivity index (χ1v) is 7.73. The zero-order chi connectivity index (χ0) is 15.0. The van der Waals surface area contributed by atoms with Crippen LogP contribution in [0, 0.1) is 0 Å². The van der Waals surface area contributed by atoms with Crippen molar-refractivity contribution in [2.24, 2.45) is 0 Å². The van der Waals surface area contributed by atoms with E-state index >= 15 is 0 Å². The van der Waals surface area contributed by atoms with Crippen LogP contribution in [0.4, 0.5) is 5.82 Å². The van der Waals surface area contributed by atoms with Crippen LogP contribution in [0.5, 0.6) is 5.75 Å². The fourth-order valence-electron chi connectivity index (χ4n) is 2.78. The molecule has 4 heteroatoms. The second-order valence-electron chi connectivity index (χ2n) is 5.87. The van der Waals surface area contributed by atoms with E-state index in [4.69, 9.17) is 15.5 Å². The van der Waals surface area contributed by atoms with Crippen LogP contribution in [0.25, 0.3) is 11.3 Å². The average molecular weight is 285 g/mol. The van der Waals surface area contributed by atoms with Gasteiger partial charge in [0.05, 0.1) is 6.61 Å². The number of imidazole rings is 1. The third-order valence-electron chi connectivity index (χ3n) is 3.88. The molecule has 0 spiro atoms. The number of nitrogens with two attached hydrogens (primary N) is 1. The maximum atomic E-state index is 6.41. The number of nitrogens with zero attached hydrogens (tertiary/aromatic N) is 2. The number of aromatic nitrogens is 2. The SMILES string of the molecule is CCOc1ccccc1-c1nc(C2CC2)n(C(C)C)c1N. The average Bonchev–Trinajstić information content (AvgIpc) is 3.23. The Hall–Kier alpha value is -1.97. The molecule has 0 bridgehead atoms. The number of nitrogen functional groups attached to an aromatic ring is 1. The summed E-state index contributed by atoms with van der Waals surface area (Å²) in [6.07, 6.45) is 2.44. The van der Waals surface area contributed by atoms with Gasteiger partial charge in [0.1, 0.15) is 23.1 Å². The van der Waals surface area contributed by atoms with E-state index < -0.39 is 0 Å². The maximum Gasteiger partial charge on any atom is 0.132 e. The van der Waals surface area contributed by atoms with Crippen LogP contribution in [0.2, 0.25) is 0 Å². The van der Waals surface area contributed by atoms with Gasteiger partial charge < -0.3 is 15.0 Å². The molecule has 21 heavy (non-hydrogen) atoms. The van der Waals surface area contributed by atoms with Crippen LogP contribution in [0.1, 0.15) is 51.4 Å². The third-order valence-corrected chi connectivity index (χ3v) is 3.88. The molecule has 0 saturated heterocycles. The molecule has 0 radical (unpaired) electrons. The van der Waals surface area contributed by atoms with Crippen LogP contribution in [-0.4, -0.2) is 16.2 Å². The number of benzene rings is 1. The highest BCUT2D eigenvalue weighted by molar-refractivity contribution is 5.76. The molecule has 1 aliphatic carbocycles. The molecule has 0 aliphatic heterocycles. The molecule has 0 atom stereocenters. The highest BCUT2D eigenvalue weighted by Gasteiger charge is 2.32. The molecule has 1 aromatic heterocycles. The van der Waals surface area contributed by atoms with Gasteiger partial charge in [0.15, 0.2) is 0 Å². The van der Waals surface area contributed by atoms with Gasteiger partial charge in [-0.05, 0) is 45.7 Å². The topological polar surface area (TPSA) is 53.1 Å². The Morgan fingerprint density at radius 2 is 2.05 bits per heavy atom. The predicted molar refractivity (Wildman–Crippen MR) is 85.6 cm³/mol.